The average Bonchev–Trinajstić information content (AvgIpc) is 3.04. The number of nitrogens with two attached hydrogens (primary N) is 1. The van der Waals surface area contributed by atoms with Crippen LogP contribution in [0.25, 0.3) is 0 Å². The fourth-order valence-electron chi connectivity index (χ4n) is 1.66. The van der Waals surface area contributed by atoms with Crippen molar-refractivity contribution in [2.75, 3.05) is 16.6 Å². The van der Waals surface area contributed by atoms with Crippen LogP contribution in [-0.2, 0) is 10.2 Å². The standard InChI is InChI=1S/C11H17N3O2S/c1-2-14(11-6-4-3-5-10(11)12)17(15,16)13-9-7-8-9/h3-6,9,13H,2,7-8,12H2,1H3. The first-order valence-corrected chi connectivity index (χ1v) is 7.13. The van der Waals surface area contributed by atoms with Crippen molar-refractivity contribution < 1.29 is 8.42 Å². The zero-order chi connectivity index (χ0) is 12.5. The summed E-state index contributed by atoms with van der Waals surface area (Å²) < 4.78 is 28.2. The smallest absolute Gasteiger partial charge is 0.301 e. The van der Waals surface area contributed by atoms with Gasteiger partial charge in [-0.3, -0.25) is 4.31 Å². The highest BCUT2D eigenvalue weighted by atomic mass is 32.2. The van der Waals surface area contributed by atoms with E-state index >= 15 is 0 Å². The fraction of sp³-hybridized carbons (Fsp3) is 0.455. The molecule has 1 fully saturated rings. The van der Waals surface area contributed by atoms with E-state index in [0.717, 1.165) is 12.8 Å². The topological polar surface area (TPSA) is 75.4 Å². The van der Waals surface area contributed by atoms with Gasteiger partial charge in [-0.15, -0.1) is 0 Å². The molecule has 0 bridgehead atoms. The Morgan fingerprint density at radius 2 is 2.06 bits per heavy atom. The molecule has 3 N–H and O–H groups in total. The van der Waals surface area contributed by atoms with E-state index in [2.05, 4.69) is 4.72 Å². The predicted octanol–water partition coefficient (Wildman–Crippen LogP) is 1.09. The van der Waals surface area contributed by atoms with Crippen LogP contribution in [0.2, 0.25) is 0 Å². The third kappa shape index (κ3) is 2.70. The van der Waals surface area contributed by atoms with Crippen molar-refractivity contribution in [2.45, 2.75) is 25.8 Å². The Kier molecular flexibility index (Phi) is 3.26. The highest BCUT2D eigenvalue weighted by Crippen LogP contribution is 2.26. The molecule has 0 atom stereocenters. The summed E-state index contributed by atoms with van der Waals surface area (Å²) in [6.45, 7) is 2.15. The van der Waals surface area contributed by atoms with Gasteiger partial charge in [0.15, 0.2) is 0 Å². The Morgan fingerprint density at radius 1 is 1.41 bits per heavy atom. The van der Waals surface area contributed by atoms with E-state index in [1.54, 1.807) is 31.2 Å². The summed E-state index contributed by atoms with van der Waals surface area (Å²) in [6, 6.07) is 7.07. The van der Waals surface area contributed by atoms with Gasteiger partial charge < -0.3 is 5.73 Å². The molecule has 1 aliphatic rings. The molecule has 0 spiro atoms. The van der Waals surface area contributed by atoms with Crippen molar-refractivity contribution in [3.8, 4) is 0 Å². The number of nitrogens with one attached hydrogen (secondary N) is 1. The highest BCUT2D eigenvalue weighted by molar-refractivity contribution is 7.90. The number of benzene rings is 1. The van der Waals surface area contributed by atoms with Crippen molar-refractivity contribution in [1.82, 2.24) is 4.72 Å². The van der Waals surface area contributed by atoms with Crippen molar-refractivity contribution in [3.63, 3.8) is 0 Å². The Balaban J connectivity index is 2.29. The molecule has 1 aromatic rings. The maximum Gasteiger partial charge on any atom is 0.301 e. The molecule has 94 valence electrons. The average molecular weight is 255 g/mol. The van der Waals surface area contributed by atoms with Crippen LogP contribution in [0.4, 0.5) is 11.4 Å². The number of nitrogen functional groups attached to an aromatic ring is 1. The van der Waals surface area contributed by atoms with Crippen LogP contribution in [0, 0.1) is 0 Å². The van der Waals surface area contributed by atoms with Gasteiger partial charge in [0.25, 0.3) is 0 Å². The minimum Gasteiger partial charge on any atom is -0.397 e. The molecule has 17 heavy (non-hydrogen) atoms. The Hall–Kier alpha value is -1.27. The van der Waals surface area contributed by atoms with E-state index in [1.165, 1.54) is 4.31 Å². The minimum atomic E-state index is -3.48. The molecule has 6 heteroatoms. The van der Waals surface area contributed by atoms with Gasteiger partial charge in [0.1, 0.15) is 0 Å². The van der Waals surface area contributed by atoms with Crippen LogP contribution in [0.1, 0.15) is 19.8 Å². The molecule has 0 amide bonds. The van der Waals surface area contributed by atoms with Gasteiger partial charge in [-0.25, -0.2) is 0 Å². The number of hydrogen-bond acceptors (Lipinski definition) is 3. The molecular formula is C11H17N3O2S. The van der Waals surface area contributed by atoms with Gasteiger partial charge in [-0.2, -0.15) is 13.1 Å². The lowest BCUT2D eigenvalue weighted by molar-refractivity contribution is 0.576. The molecule has 1 aromatic carbocycles. The molecular weight excluding hydrogens is 238 g/mol. The van der Waals surface area contributed by atoms with Gasteiger partial charge in [0.2, 0.25) is 0 Å². The van der Waals surface area contributed by atoms with Crippen molar-refractivity contribution in [2.24, 2.45) is 0 Å². The Morgan fingerprint density at radius 3 is 2.59 bits per heavy atom. The molecule has 0 aliphatic heterocycles. The second-order valence-electron chi connectivity index (χ2n) is 4.12. The van der Waals surface area contributed by atoms with E-state index in [-0.39, 0.29) is 6.04 Å². The SMILES string of the molecule is CCN(c1ccccc1N)S(=O)(=O)NC1CC1. The zero-order valence-electron chi connectivity index (χ0n) is 9.76. The summed E-state index contributed by atoms with van der Waals surface area (Å²) in [5.41, 5.74) is 6.81. The van der Waals surface area contributed by atoms with Gasteiger partial charge in [-0.05, 0) is 31.9 Å². The number of nitrogens with zero attached hydrogens (tertiary/aromatic N) is 1. The minimum absolute atomic E-state index is 0.0963. The van der Waals surface area contributed by atoms with E-state index < -0.39 is 10.2 Å². The summed E-state index contributed by atoms with van der Waals surface area (Å²) in [6.07, 6.45) is 1.84. The monoisotopic (exact) mass is 255 g/mol. The summed E-state index contributed by atoms with van der Waals surface area (Å²) in [5.74, 6) is 0. The maximum atomic E-state index is 12.1. The van der Waals surface area contributed by atoms with Crippen LogP contribution in [0.5, 0.6) is 0 Å². The largest absolute Gasteiger partial charge is 0.397 e. The van der Waals surface area contributed by atoms with Gasteiger partial charge in [0.05, 0.1) is 11.4 Å². The summed E-state index contributed by atoms with van der Waals surface area (Å²) in [5, 5.41) is 0. The third-order valence-electron chi connectivity index (χ3n) is 2.68. The Labute approximate surface area is 102 Å². The van der Waals surface area contributed by atoms with Crippen LogP contribution in [0.15, 0.2) is 24.3 Å². The number of para-hydroxylation sites is 2. The van der Waals surface area contributed by atoms with Crippen molar-refractivity contribution in [3.05, 3.63) is 24.3 Å². The zero-order valence-corrected chi connectivity index (χ0v) is 10.6. The normalized spacial score (nSPS) is 15.8. The quantitative estimate of drug-likeness (QED) is 0.773. The lowest BCUT2D eigenvalue weighted by Gasteiger charge is -2.24. The molecule has 1 saturated carbocycles. The van der Waals surface area contributed by atoms with Crippen LogP contribution in [-0.4, -0.2) is 21.0 Å². The number of anilines is 2. The summed E-state index contributed by atoms with van der Waals surface area (Å²) in [4.78, 5) is 0. The van der Waals surface area contributed by atoms with Gasteiger partial charge >= 0.3 is 10.2 Å². The lowest BCUT2D eigenvalue weighted by Crippen LogP contribution is -2.42. The van der Waals surface area contributed by atoms with E-state index in [9.17, 15) is 8.42 Å². The molecule has 2 rings (SSSR count). The summed E-state index contributed by atoms with van der Waals surface area (Å²) >= 11 is 0. The lowest BCUT2D eigenvalue weighted by atomic mass is 10.3. The first kappa shape index (κ1) is 12.2. The first-order valence-electron chi connectivity index (χ1n) is 5.69. The van der Waals surface area contributed by atoms with E-state index in [1.807, 2.05) is 0 Å². The predicted molar refractivity (Wildman–Crippen MR) is 69.0 cm³/mol. The number of hydrogen-bond donors (Lipinski definition) is 2. The van der Waals surface area contributed by atoms with Crippen LogP contribution >= 0.6 is 0 Å². The molecule has 0 radical (unpaired) electrons. The Bertz CT molecular complexity index is 497. The fourth-order valence-corrected chi connectivity index (χ4v) is 3.21. The second kappa shape index (κ2) is 4.54. The summed E-state index contributed by atoms with van der Waals surface area (Å²) in [7, 11) is -3.48. The molecule has 0 unspecified atom stereocenters. The van der Waals surface area contributed by atoms with Gasteiger partial charge in [-0.1, -0.05) is 12.1 Å². The van der Waals surface area contributed by atoms with E-state index in [0.29, 0.717) is 17.9 Å². The van der Waals surface area contributed by atoms with Gasteiger partial charge in [0, 0.05) is 12.6 Å². The first-order chi connectivity index (χ1) is 8.04. The molecule has 0 heterocycles. The highest BCUT2D eigenvalue weighted by Gasteiger charge is 2.31. The molecule has 0 aromatic heterocycles. The maximum absolute atomic E-state index is 12.1. The van der Waals surface area contributed by atoms with Crippen molar-refractivity contribution in [1.29, 1.82) is 0 Å². The third-order valence-corrected chi connectivity index (χ3v) is 4.34. The number of rotatable bonds is 5. The van der Waals surface area contributed by atoms with Crippen LogP contribution < -0.4 is 14.8 Å². The van der Waals surface area contributed by atoms with Crippen LogP contribution in [0.3, 0.4) is 0 Å². The molecule has 5 nitrogen and oxygen atoms in total. The van der Waals surface area contributed by atoms with Crippen molar-refractivity contribution >= 4 is 21.6 Å². The molecule has 0 saturated heterocycles. The molecule has 1 aliphatic carbocycles. The van der Waals surface area contributed by atoms with E-state index in [4.69, 9.17) is 5.73 Å². The second-order valence-corrected chi connectivity index (χ2v) is 5.75.